The smallest absolute Gasteiger partial charge is 0.224 e. The van der Waals surface area contributed by atoms with E-state index in [0.717, 1.165) is 25.9 Å². The highest BCUT2D eigenvalue weighted by Crippen LogP contribution is 2.41. The highest BCUT2D eigenvalue weighted by molar-refractivity contribution is 5.93. The number of hydrogen-bond donors (Lipinski definition) is 0. The molecule has 0 bridgehead atoms. The molecule has 7 heteroatoms. The Morgan fingerprint density at radius 3 is 2.04 bits per heavy atom. The van der Waals surface area contributed by atoms with Crippen LogP contribution in [0.4, 0.5) is 5.69 Å². The van der Waals surface area contributed by atoms with Gasteiger partial charge in [0.25, 0.3) is 0 Å². The van der Waals surface area contributed by atoms with Gasteiger partial charge in [0.05, 0.1) is 27.0 Å². The van der Waals surface area contributed by atoms with Crippen LogP contribution in [0.2, 0.25) is 0 Å². The molecule has 0 N–H and O–H groups in total. The van der Waals surface area contributed by atoms with Gasteiger partial charge in [-0.25, -0.2) is 0 Å². The predicted molar refractivity (Wildman–Crippen MR) is 94.6 cm³/mol. The summed E-state index contributed by atoms with van der Waals surface area (Å²) in [4.78, 5) is 27.8. The zero-order chi connectivity index (χ0) is 18.4. The van der Waals surface area contributed by atoms with Crippen LogP contribution in [-0.4, -0.2) is 57.7 Å². The summed E-state index contributed by atoms with van der Waals surface area (Å²) in [5.41, 5.74) is 0.608. The number of hydrogen-bond acceptors (Lipinski definition) is 5. The second kappa shape index (κ2) is 8.60. The fraction of sp³-hybridized carbons (Fsp3) is 0.556. The Morgan fingerprint density at radius 2 is 1.60 bits per heavy atom. The van der Waals surface area contributed by atoms with Crippen molar-refractivity contribution in [3.63, 3.8) is 0 Å². The van der Waals surface area contributed by atoms with Gasteiger partial charge in [-0.3, -0.25) is 9.59 Å². The normalized spacial score (nSPS) is 13.5. The fourth-order valence-corrected chi connectivity index (χ4v) is 3.02. The van der Waals surface area contributed by atoms with Gasteiger partial charge in [0.2, 0.25) is 17.6 Å². The number of ether oxygens (including phenoxy) is 3. The summed E-state index contributed by atoms with van der Waals surface area (Å²) >= 11 is 0. The van der Waals surface area contributed by atoms with Crippen molar-refractivity contribution in [2.24, 2.45) is 0 Å². The zero-order valence-corrected chi connectivity index (χ0v) is 15.3. The molecule has 0 aliphatic carbocycles. The first-order chi connectivity index (χ1) is 12.0. The van der Waals surface area contributed by atoms with Gasteiger partial charge in [-0.2, -0.15) is 0 Å². The summed E-state index contributed by atoms with van der Waals surface area (Å²) in [6, 6.07) is 3.42. The average molecular weight is 350 g/mol. The lowest BCUT2D eigenvalue weighted by atomic mass is 10.2. The van der Waals surface area contributed by atoms with Gasteiger partial charge < -0.3 is 24.0 Å². The van der Waals surface area contributed by atoms with Crippen molar-refractivity contribution >= 4 is 17.5 Å². The Morgan fingerprint density at radius 1 is 1.04 bits per heavy atom. The molecule has 25 heavy (non-hydrogen) atoms. The van der Waals surface area contributed by atoms with E-state index in [1.165, 1.54) is 28.3 Å². The molecule has 1 aromatic carbocycles. The van der Waals surface area contributed by atoms with E-state index in [0.29, 0.717) is 29.5 Å². The molecule has 138 valence electrons. The van der Waals surface area contributed by atoms with Gasteiger partial charge in [-0.05, 0) is 12.8 Å². The number of anilines is 1. The number of likely N-dealkylation sites (tertiary alicyclic amines) is 1. The molecule has 1 aliphatic heterocycles. The molecule has 0 radical (unpaired) electrons. The molecule has 1 heterocycles. The Balaban J connectivity index is 2.21. The van der Waals surface area contributed by atoms with E-state index < -0.39 is 0 Å². The number of methoxy groups -OCH3 is 3. The molecule has 1 aliphatic rings. The number of nitrogens with zero attached hydrogens (tertiary/aromatic N) is 2. The lowest BCUT2D eigenvalue weighted by molar-refractivity contribution is -0.129. The standard InChI is InChI=1S/C18H26N2O5/c1-13(21)20(10-7-17(22)19-8-5-6-9-19)14-11-15(23-2)18(25-4)16(12-14)24-3/h11-12H,5-10H2,1-4H3. The van der Waals surface area contributed by atoms with Crippen LogP contribution in [-0.2, 0) is 9.59 Å². The minimum absolute atomic E-state index is 0.0798. The molecular weight excluding hydrogens is 324 g/mol. The third-order valence-electron chi connectivity index (χ3n) is 4.35. The summed E-state index contributed by atoms with van der Waals surface area (Å²) in [6.45, 7) is 3.40. The minimum Gasteiger partial charge on any atom is -0.493 e. The Bertz CT molecular complexity index is 601. The molecule has 1 fully saturated rings. The maximum absolute atomic E-state index is 12.3. The number of rotatable bonds is 7. The topological polar surface area (TPSA) is 68.3 Å². The van der Waals surface area contributed by atoms with Gasteiger partial charge in [-0.15, -0.1) is 0 Å². The highest BCUT2D eigenvalue weighted by Gasteiger charge is 2.22. The van der Waals surface area contributed by atoms with Crippen LogP contribution in [0.25, 0.3) is 0 Å². The largest absolute Gasteiger partial charge is 0.493 e. The minimum atomic E-state index is -0.150. The Labute approximate surface area is 148 Å². The predicted octanol–water partition coefficient (Wildman–Crippen LogP) is 2.08. The van der Waals surface area contributed by atoms with Crippen LogP contribution in [0.3, 0.4) is 0 Å². The van der Waals surface area contributed by atoms with Gasteiger partial charge in [0, 0.05) is 45.1 Å². The maximum atomic E-state index is 12.3. The van der Waals surface area contributed by atoms with Crippen LogP contribution in [0.15, 0.2) is 12.1 Å². The zero-order valence-electron chi connectivity index (χ0n) is 15.3. The molecule has 1 saturated heterocycles. The van der Waals surface area contributed by atoms with Crippen molar-refractivity contribution < 1.29 is 23.8 Å². The van der Waals surface area contributed by atoms with Gasteiger partial charge in [-0.1, -0.05) is 0 Å². The lowest BCUT2D eigenvalue weighted by Crippen LogP contribution is -2.35. The molecule has 2 rings (SSSR count). The van der Waals surface area contributed by atoms with E-state index in [1.807, 2.05) is 4.90 Å². The third kappa shape index (κ3) is 4.35. The Kier molecular flexibility index (Phi) is 6.50. The van der Waals surface area contributed by atoms with Crippen LogP contribution >= 0.6 is 0 Å². The number of benzene rings is 1. The van der Waals surface area contributed by atoms with Crippen molar-refractivity contribution in [2.45, 2.75) is 26.2 Å². The van der Waals surface area contributed by atoms with Crippen molar-refractivity contribution in [3.05, 3.63) is 12.1 Å². The third-order valence-corrected chi connectivity index (χ3v) is 4.35. The number of amides is 2. The molecule has 7 nitrogen and oxygen atoms in total. The molecule has 1 aromatic rings. The first-order valence-electron chi connectivity index (χ1n) is 8.37. The van der Waals surface area contributed by atoms with Crippen molar-refractivity contribution in [1.82, 2.24) is 4.90 Å². The van der Waals surface area contributed by atoms with Crippen molar-refractivity contribution in [2.75, 3.05) is 45.9 Å². The van der Waals surface area contributed by atoms with Crippen LogP contribution < -0.4 is 19.1 Å². The first kappa shape index (κ1) is 18.9. The van der Waals surface area contributed by atoms with Crippen LogP contribution in [0, 0.1) is 0 Å². The van der Waals surface area contributed by atoms with Gasteiger partial charge in [0.1, 0.15) is 0 Å². The summed E-state index contributed by atoms with van der Waals surface area (Å²) in [7, 11) is 4.57. The van der Waals surface area contributed by atoms with Crippen molar-refractivity contribution in [3.8, 4) is 17.2 Å². The van der Waals surface area contributed by atoms with Gasteiger partial charge >= 0.3 is 0 Å². The molecule has 0 atom stereocenters. The summed E-state index contributed by atoms with van der Waals surface area (Å²) in [5.74, 6) is 1.33. The maximum Gasteiger partial charge on any atom is 0.224 e. The molecule has 0 spiro atoms. The van der Waals surface area contributed by atoms with E-state index in [9.17, 15) is 9.59 Å². The molecule has 2 amide bonds. The SMILES string of the molecule is COc1cc(N(CCC(=O)N2CCCC2)C(C)=O)cc(OC)c1OC. The first-order valence-corrected chi connectivity index (χ1v) is 8.37. The number of carbonyl (C=O) groups is 2. The quantitative estimate of drug-likeness (QED) is 0.753. The van der Waals surface area contributed by atoms with Crippen LogP contribution in [0.5, 0.6) is 17.2 Å². The average Bonchev–Trinajstić information content (AvgIpc) is 3.15. The van der Waals surface area contributed by atoms with E-state index in [4.69, 9.17) is 14.2 Å². The molecule has 0 unspecified atom stereocenters. The monoisotopic (exact) mass is 350 g/mol. The van der Waals surface area contributed by atoms with Crippen molar-refractivity contribution in [1.29, 1.82) is 0 Å². The molecule has 0 saturated carbocycles. The summed E-state index contributed by atoms with van der Waals surface area (Å²) < 4.78 is 16.0. The molecular formula is C18H26N2O5. The van der Waals surface area contributed by atoms with E-state index in [-0.39, 0.29) is 18.2 Å². The lowest BCUT2D eigenvalue weighted by Gasteiger charge is -2.24. The highest BCUT2D eigenvalue weighted by atomic mass is 16.5. The molecule has 0 aromatic heterocycles. The van der Waals surface area contributed by atoms with E-state index in [2.05, 4.69) is 0 Å². The second-order valence-electron chi connectivity index (χ2n) is 5.89. The fourth-order valence-electron chi connectivity index (χ4n) is 3.02. The van der Waals surface area contributed by atoms with E-state index in [1.54, 1.807) is 17.0 Å². The summed E-state index contributed by atoms with van der Waals surface area (Å²) in [5, 5.41) is 0. The summed E-state index contributed by atoms with van der Waals surface area (Å²) in [6.07, 6.45) is 2.39. The van der Waals surface area contributed by atoms with E-state index >= 15 is 0 Å². The number of carbonyl (C=O) groups excluding carboxylic acids is 2. The van der Waals surface area contributed by atoms with Crippen LogP contribution in [0.1, 0.15) is 26.2 Å². The second-order valence-corrected chi connectivity index (χ2v) is 5.89. The Hall–Kier alpha value is -2.44. The van der Waals surface area contributed by atoms with Gasteiger partial charge in [0.15, 0.2) is 11.5 Å².